The molecule has 2 aliphatic rings. The lowest BCUT2D eigenvalue weighted by Crippen LogP contribution is -2.20. The lowest BCUT2D eigenvalue weighted by atomic mass is 9.86. The van der Waals surface area contributed by atoms with Crippen molar-refractivity contribution in [1.82, 2.24) is 0 Å². The molecule has 0 bridgehead atoms. The molecule has 0 aromatic heterocycles. The normalized spacial score (nSPS) is 21.0. The Morgan fingerprint density at radius 2 is 2.11 bits per heavy atom. The molecule has 1 atom stereocenters. The van der Waals surface area contributed by atoms with Crippen molar-refractivity contribution in [1.29, 1.82) is 0 Å². The van der Waals surface area contributed by atoms with Gasteiger partial charge in [0.15, 0.2) is 11.5 Å². The van der Waals surface area contributed by atoms with E-state index in [9.17, 15) is 14.7 Å². The molecule has 1 aliphatic heterocycles. The van der Waals surface area contributed by atoms with E-state index in [4.69, 9.17) is 4.74 Å². The van der Waals surface area contributed by atoms with Crippen LogP contribution in [0.3, 0.4) is 0 Å². The van der Waals surface area contributed by atoms with E-state index in [-0.39, 0.29) is 40.3 Å². The number of allylic oxidation sites excluding steroid dienone is 1. The molecule has 1 aromatic carbocycles. The Balaban J connectivity index is 2.13. The molecule has 0 saturated carbocycles. The van der Waals surface area contributed by atoms with E-state index in [1.54, 1.807) is 6.92 Å². The Kier molecular flexibility index (Phi) is 2.35. The molecule has 0 fully saturated rings. The number of rotatable bonds is 1. The van der Waals surface area contributed by atoms with Gasteiger partial charge in [-0.1, -0.05) is 12.6 Å². The number of Topliss-reactive ketones (excluding diaryl/α,β-unsaturated/α-hetero) is 2. The molecule has 0 saturated heterocycles. The number of carbonyl (C=O) groups excluding carboxylic acids is 2. The van der Waals surface area contributed by atoms with Crippen molar-refractivity contribution >= 4 is 11.6 Å². The van der Waals surface area contributed by atoms with Crippen molar-refractivity contribution in [3.8, 4) is 5.75 Å². The van der Waals surface area contributed by atoms with Crippen molar-refractivity contribution in [3.63, 3.8) is 0 Å². The van der Waals surface area contributed by atoms with Gasteiger partial charge in [-0.3, -0.25) is 9.59 Å². The maximum atomic E-state index is 12.4. The first kappa shape index (κ1) is 11.7. The lowest BCUT2D eigenvalue weighted by Gasteiger charge is -2.16. The molecule has 3 rings (SSSR count). The summed E-state index contributed by atoms with van der Waals surface area (Å²) in [7, 11) is 0. The zero-order valence-electron chi connectivity index (χ0n) is 10.4. The van der Waals surface area contributed by atoms with E-state index in [2.05, 4.69) is 6.58 Å². The van der Waals surface area contributed by atoms with Crippen molar-refractivity contribution in [2.45, 2.75) is 19.4 Å². The minimum Gasteiger partial charge on any atom is -0.507 e. The number of ether oxygens (including phenoxy) is 1. The van der Waals surface area contributed by atoms with Crippen LogP contribution in [0.4, 0.5) is 0 Å². The Labute approximate surface area is 110 Å². The fraction of sp³-hybridized carbons (Fsp3) is 0.200. The van der Waals surface area contributed by atoms with Gasteiger partial charge in [-0.05, 0) is 24.6 Å². The first-order chi connectivity index (χ1) is 9.00. The van der Waals surface area contributed by atoms with Crippen molar-refractivity contribution in [3.05, 3.63) is 52.8 Å². The average Bonchev–Trinajstić information content (AvgIpc) is 2.81. The summed E-state index contributed by atoms with van der Waals surface area (Å²) in [5.74, 6) is -0.729. The van der Waals surface area contributed by atoms with Crippen molar-refractivity contribution in [2.24, 2.45) is 0 Å². The first-order valence-electron chi connectivity index (χ1n) is 5.97. The van der Waals surface area contributed by atoms with Crippen LogP contribution >= 0.6 is 0 Å². The molecule has 4 nitrogen and oxygen atoms in total. The highest BCUT2D eigenvalue weighted by Crippen LogP contribution is 2.39. The number of ketones is 2. The van der Waals surface area contributed by atoms with Gasteiger partial charge in [-0.25, -0.2) is 0 Å². The molecule has 0 radical (unpaired) electrons. The maximum absolute atomic E-state index is 12.4. The van der Waals surface area contributed by atoms with E-state index in [1.807, 2.05) is 0 Å². The van der Waals surface area contributed by atoms with Gasteiger partial charge in [0.25, 0.3) is 0 Å². The van der Waals surface area contributed by atoms with Crippen LogP contribution in [0, 0.1) is 0 Å². The van der Waals surface area contributed by atoms with E-state index in [1.165, 1.54) is 18.2 Å². The Morgan fingerprint density at radius 3 is 2.79 bits per heavy atom. The van der Waals surface area contributed by atoms with Crippen LogP contribution in [0.5, 0.6) is 5.75 Å². The van der Waals surface area contributed by atoms with Crippen molar-refractivity contribution < 1.29 is 19.4 Å². The number of hydrogen-bond acceptors (Lipinski definition) is 4. The van der Waals surface area contributed by atoms with Crippen molar-refractivity contribution in [2.75, 3.05) is 0 Å². The third-order valence-electron chi connectivity index (χ3n) is 3.47. The predicted molar refractivity (Wildman–Crippen MR) is 68.1 cm³/mol. The first-order valence-corrected chi connectivity index (χ1v) is 5.97. The van der Waals surface area contributed by atoms with Gasteiger partial charge < -0.3 is 9.84 Å². The minimum absolute atomic E-state index is 0.0808. The highest BCUT2D eigenvalue weighted by Gasteiger charge is 2.41. The highest BCUT2D eigenvalue weighted by atomic mass is 16.5. The second-order valence-electron chi connectivity index (χ2n) is 4.82. The van der Waals surface area contributed by atoms with E-state index < -0.39 is 0 Å². The number of phenols is 1. The summed E-state index contributed by atoms with van der Waals surface area (Å²) >= 11 is 0. The average molecular weight is 256 g/mol. The molecule has 4 heteroatoms. The number of aromatic hydroxyl groups is 1. The lowest BCUT2D eigenvalue weighted by molar-refractivity contribution is 0.0875. The predicted octanol–water partition coefficient (Wildman–Crippen LogP) is 2.39. The van der Waals surface area contributed by atoms with Crippen LogP contribution in [0.15, 0.2) is 41.7 Å². The summed E-state index contributed by atoms with van der Waals surface area (Å²) in [6, 6.07) is 4.47. The van der Waals surface area contributed by atoms with E-state index >= 15 is 0 Å². The fourth-order valence-corrected chi connectivity index (χ4v) is 2.44. The third kappa shape index (κ3) is 1.53. The number of hydrogen-bond donors (Lipinski definition) is 1. The third-order valence-corrected chi connectivity index (χ3v) is 3.47. The molecule has 0 amide bonds. The number of phenolic OH excluding ortho intramolecular Hbond substituents is 1. The second-order valence-corrected chi connectivity index (χ2v) is 4.82. The fourth-order valence-electron chi connectivity index (χ4n) is 2.44. The molecule has 1 N–H and O–H groups in total. The number of fused-ring (bicyclic) bond motifs is 1. The van der Waals surface area contributed by atoms with Gasteiger partial charge >= 0.3 is 0 Å². The molecule has 96 valence electrons. The Hall–Kier alpha value is -2.36. The molecule has 0 unspecified atom stereocenters. The molecule has 1 aromatic rings. The van der Waals surface area contributed by atoms with Gasteiger partial charge in [-0.2, -0.15) is 0 Å². The Morgan fingerprint density at radius 1 is 1.37 bits per heavy atom. The smallest absolute Gasteiger partial charge is 0.228 e. The van der Waals surface area contributed by atoms with Crippen LogP contribution in [-0.4, -0.2) is 22.8 Å². The second kappa shape index (κ2) is 3.82. The molecule has 1 aliphatic carbocycles. The summed E-state index contributed by atoms with van der Waals surface area (Å²) < 4.78 is 5.53. The van der Waals surface area contributed by atoms with Gasteiger partial charge in [0.2, 0.25) is 5.78 Å². The summed E-state index contributed by atoms with van der Waals surface area (Å²) in [6.07, 6.45) is -0.00224. The maximum Gasteiger partial charge on any atom is 0.228 e. The van der Waals surface area contributed by atoms with Crippen LogP contribution in [0.25, 0.3) is 0 Å². The standard InChI is InChI=1S/C15H12O4/c1-7(2)11-6-9-13(17)12-8(4-3-5-10(12)16)14(18)15(9)19-11/h3-5,11,16H,1,6H2,2H3/t11-/m1/s1. The Bertz CT molecular complexity index is 667. The highest BCUT2D eigenvalue weighted by molar-refractivity contribution is 6.27. The summed E-state index contributed by atoms with van der Waals surface area (Å²) in [6.45, 7) is 5.58. The molecule has 19 heavy (non-hydrogen) atoms. The van der Waals surface area contributed by atoms with Crippen LogP contribution in [0.2, 0.25) is 0 Å². The largest absolute Gasteiger partial charge is 0.507 e. The zero-order valence-corrected chi connectivity index (χ0v) is 10.4. The number of benzene rings is 1. The van der Waals surface area contributed by atoms with Crippen LogP contribution in [0.1, 0.15) is 34.1 Å². The monoisotopic (exact) mass is 256 g/mol. The zero-order chi connectivity index (χ0) is 13.7. The quantitative estimate of drug-likeness (QED) is 0.783. The van der Waals surface area contributed by atoms with Gasteiger partial charge in [0, 0.05) is 12.0 Å². The minimum atomic E-state index is -0.343. The van der Waals surface area contributed by atoms with Gasteiger partial charge in [0.05, 0.1) is 11.1 Å². The summed E-state index contributed by atoms with van der Waals surface area (Å²) in [5.41, 5.74) is 1.39. The summed E-state index contributed by atoms with van der Waals surface area (Å²) in [5, 5.41) is 9.79. The van der Waals surface area contributed by atoms with Gasteiger partial charge in [-0.15, -0.1) is 0 Å². The molecular weight excluding hydrogens is 244 g/mol. The van der Waals surface area contributed by atoms with E-state index in [0.29, 0.717) is 12.0 Å². The molecular formula is C15H12O4. The number of carbonyl (C=O) groups is 2. The topological polar surface area (TPSA) is 63.6 Å². The summed E-state index contributed by atoms with van der Waals surface area (Å²) in [4.78, 5) is 24.6. The molecule has 0 spiro atoms. The molecule has 1 heterocycles. The van der Waals surface area contributed by atoms with E-state index in [0.717, 1.165) is 5.57 Å². The van der Waals surface area contributed by atoms with Gasteiger partial charge in [0.1, 0.15) is 11.9 Å². The SMILES string of the molecule is C=C(C)[C@H]1CC2=C(O1)C(=O)c1cccc(O)c1C2=O. The van der Waals surface area contributed by atoms with Crippen LogP contribution in [-0.2, 0) is 4.74 Å². The van der Waals surface area contributed by atoms with Crippen LogP contribution < -0.4 is 0 Å².